The summed E-state index contributed by atoms with van der Waals surface area (Å²) in [5.74, 6) is -0.222. The molecule has 1 atom stereocenters. The Bertz CT molecular complexity index is 1300. The highest BCUT2D eigenvalue weighted by Gasteiger charge is 2.19. The molecule has 4 rings (SSSR count). The van der Waals surface area contributed by atoms with Gasteiger partial charge in [-0.2, -0.15) is 0 Å². The third-order valence-electron chi connectivity index (χ3n) is 6.56. The molecule has 1 aliphatic rings. The Labute approximate surface area is 202 Å². The highest BCUT2D eigenvalue weighted by atomic mass is 32.2. The number of anilines is 1. The van der Waals surface area contributed by atoms with Gasteiger partial charge in [-0.25, -0.2) is 8.42 Å². The van der Waals surface area contributed by atoms with Crippen LogP contribution in [0, 0.1) is 13.8 Å². The van der Waals surface area contributed by atoms with Crippen molar-refractivity contribution in [2.45, 2.75) is 63.8 Å². The van der Waals surface area contributed by atoms with E-state index in [0.717, 1.165) is 36.0 Å². The molecule has 3 aromatic rings. The number of benzene rings is 3. The molecule has 6 heteroatoms. The molecule has 0 aliphatic heterocycles. The van der Waals surface area contributed by atoms with Gasteiger partial charge in [-0.3, -0.25) is 9.52 Å². The molecule has 178 valence electrons. The zero-order chi connectivity index (χ0) is 24.3. The lowest BCUT2D eigenvalue weighted by Gasteiger charge is -2.22. The molecule has 5 nitrogen and oxygen atoms in total. The molecule has 1 amide bonds. The highest BCUT2D eigenvalue weighted by molar-refractivity contribution is 7.92. The molecule has 1 aliphatic carbocycles. The third-order valence-corrected chi connectivity index (χ3v) is 7.95. The zero-order valence-corrected chi connectivity index (χ0v) is 20.8. The number of aryl methyl sites for hydroxylation is 4. The van der Waals surface area contributed by atoms with E-state index in [9.17, 15) is 13.2 Å². The maximum absolute atomic E-state index is 13.1. The zero-order valence-electron chi connectivity index (χ0n) is 20.0. The van der Waals surface area contributed by atoms with E-state index in [-0.39, 0.29) is 16.8 Å². The molecule has 3 aromatic carbocycles. The fourth-order valence-corrected chi connectivity index (χ4v) is 5.55. The summed E-state index contributed by atoms with van der Waals surface area (Å²) in [6.07, 6.45) is 5.44. The fourth-order valence-electron chi connectivity index (χ4n) is 4.43. The van der Waals surface area contributed by atoms with Crippen molar-refractivity contribution < 1.29 is 13.2 Å². The number of sulfonamides is 1. The van der Waals surface area contributed by atoms with Crippen LogP contribution < -0.4 is 10.0 Å². The Morgan fingerprint density at radius 1 is 0.912 bits per heavy atom. The summed E-state index contributed by atoms with van der Waals surface area (Å²) < 4.78 is 28.4. The molecule has 0 bridgehead atoms. The van der Waals surface area contributed by atoms with Crippen LogP contribution in [0.25, 0.3) is 0 Å². The second kappa shape index (κ2) is 10.0. The van der Waals surface area contributed by atoms with Crippen LogP contribution in [-0.2, 0) is 22.9 Å². The fraction of sp³-hybridized carbons (Fsp3) is 0.321. The van der Waals surface area contributed by atoms with Crippen LogP contribution in [-0.4, -0.2) is 14.3 Å². The van der Waals surface area contributed by atoms with E-state index in [1.807, 2.05) is 13.8 Å². The average Bonchev–Trinajstić information content (AvgIpc) is 2.83. The van der Waals surface area contributed by atoms with E-state index in [1.165, 1.54) is 24.0 Å². The first-order valence-corrected chi connectivity index (χ1v) is 13.4. The molecular formula is C28H32N2O3S. The average molecular weight is 477 g/mol. The van der Waals surface area contributed by atoms with Gasteiger partial charge in [-0.15, -0.1) is 0 Å². The van der Waals surface area contributed by atoms with Crippen LogP contribution in [0.4, 0.5) is 5.69 Å². The predicted octanol–water partition coefficient (Wildman–Crippen LogP) is 5.86. The molecule has 34 heavy (non-hydrogen) atoms. The topological polar surface area (TPSA) is 75.3 Å². The lowest BCUT2D eigenvalue weighted by Crippen LogP contribution is -2.28. The molecular weight excluding hydrogens is 444 g/mol. The molecule has 0 heterocycles. The number of hydrogen-bond acceptors (Lipinski definition) is 3. The van der Waals surface area contributed by atoms with Gasteiger partial charge in [-0.1, -0.05) is 48.9 Å². The number of amides is 1. The largest absolute Gasteiger partial charge is 0.345 e. The van der Waals surface area contributed by atoms with Crippen LogP contribution in [0.5, 0.6) is 0 Å². The van der Waals surface area contributed by atoms with Crippen molar-refractivity contribution in [3.8, 4) is 0 Å². The molecule has 0 aromatic heterocycles. The van der Waals surface area contributed by atoms with E-state index < -0.39 is 10.0 Å². The summed E-state index contributed by atoms with van der Waals surface area (Å²) in [5, 5.41) is 3.14. The SMILES string of the molecule is CC[C@H](NC(=O)c1ccc(C)c(NS(=O)(=O)c2ccc(C)cc2)c1)c1ccc2c(c1)CCCC2. The lowest BCUT2D eigenvalue weighted by molar-refractivity contribution is 0.0935. The molecule has 2 N–H and O–H groups in total. The molecule has 0 spiro atoms. The van der Waals surface area contributed by atoms with Crippen molar-refractivity contribution >= 4 is 21.6 Å². The van der Waals surface area contributed by atoms with Crippen molar-refractivity contribution in [1.29, 1.82) is 0 Å². The van der Waals surface area contributed by atoms with Gasteiger partial charge in [0.05, 0.1) is 16.6 Å². The number of carbonyl (C=O) groups excluding carboxylic acids is 1. The highest BCUT2D eigenvalue weighted by Crippen LogP contribution is 2.27. The number of nitrogens with one attached hydrogen (secondary N) is 2. The first-order chi connectivity index (χ1) is 16.3. The Kier molecular flexibility index (Phi) is 7.08. The minimum Gasteiger partial charge on any atom is -0.345 e. The summed E-state index contributed by atoms with van der Waals surface area (Å²) in [4.78, 5) is 13.3. The van der Waals surface area contributed by atoms with Crippen molar-refractivity contribution in [2.24, 2.45) is 0 Å². The molecule has 0 saturated heterocycles. The molecule has 0 saturated carbocycles. The van der Waals surface area contributed by atoms with Gasteiger partial charge in [0.25, 0.3) is 15.9 Å². The van der Waals surface area contributed by atoms with E-state index >= 15 is 0 Å². The Morgan fingerprint density at radius 3 is 2.32 bits per heavy atom. The summed E-state index contributed by atoms with van der Waals surface area (Å²) in [7, 11) is -3.76. The van der Waals surface area contributed by atoms with Crippen molar-refractivity contribution in [3.05, 3.63) is 94.0 Å². The van der Waals surface area contributed by atoms with Gasteiger partial charge in [0, 0.05) is 5.56 Å². The van der Waals surface area contributed by atoms with Gasteiger partial charge in [0.1, 0.15) is 0 Å². The number of carbonyl (C=O) groups is 1. The second-order valence-electron chi connectivity index (χ2n) is 9.12. The Hall–Kier alpha value is -3.12. The van der Waals surface area contributed by atoms with Crippen LogP contribution in [0.15, 0.2) is 65.6 Å². The van der Waals surface area contributed by atoms with Crippen molar-refractivity contribution in [1.82, 2.24) is 5.32 Å². The predicted molar refractivity (Wildman–Crippen MR) is 137 cm³/mol. The van der Waals surface area contributed by atoms with E-state index in [0.29, 0.717) is 11.3 Å². The van der Waals surface area contributed by atoms with E-state index in [1.54, 1.807) is 42.5 Å². The van der Waals surface area contributed by atoms with Crippen molar-refractivity contribution in [2.75, 3.05) is 4.72 Å². The van der Waals surface area contributed by atoms with E-state index in [4.69, 9.17) is 0 Å². The number of fused-ring (bicyclic) bond motifs is 1. The second-order valence-corrected chi connectivity index (χ2v) is 10.8. The third kappa shape index (κ3) is 5.33. The first-order valence-electron chi connectivity index (χ1n) is 11.9. The van der Waals surface area contributed by atoms with Gasteiger partial charge < -0.3 is 5.32 Å². The molecule has 0 radical (unpaired) electrons. The number of hydrogen-bond donors (Lipinski definition) is 2. The van der Waals surface area contributed by atoms with Crippen molar-refractivity contribution in [3.63, 3.8) is 0 Å². The Balaban J connectivity index is 1.53. The minimum absolute atomic E-state index is 0.103. The normalized spacial score (nSPS) is 14.2. The van der Waals surface area contributed by atoms with Crippen LogP contribution >= 0.6 is 0 Å². The van der Waals surface area contributed by atoms with Gasteiger partial charge >= 0.3 is 0 Å². The molecule has 0 unspecified atom stereocenters. The van der Waals surface area contributed by atoms with Gasteiger partial charge in [0.15, 0.2) is 0 Å². The maximum atomic E-state index is 13.1. The first kappa shape index (κ1) is 24.0. The molecule has 0 fully saturated rings. The van der Waals surface area contributed by atoms with Crippen LogP contribution in [0.1, 0.15) is 70.4 Å². The summed E-state index contributed by atoms with van der Waals surface area (Å²) in [6, 6.07) is 18.2. The van der Waals surface area contributed by atoms with Gasteiger partial charge in [0.2, 0.25) is 0 Å². The minimum atomic E-state index is -3.76. The monoisotopic (exact) mass is 476 g/mol. The van der Waals surface area contributed by atoms with Crippen LogP contribution in [0.2, 0.25) is 0 Å². The summed E-state index contributed by atoms with van der Waals surface area (Å²) >= 11 is 0. The standard InChI is InChI=1S/C28H32N2O3S/c1-4-26(23-14-13-21-7-5-6-8-22(21)17-23)29-28(31)24-12-11-20(3)27(18-24)30-34(32,33)25-15-9-19(2)10-16-25/h9-18,26,30H,4-8H2,1-3H3,(H,29,31)/t26-/m0/s1. The van der Waals surface area contributed by atoms with E-state index in [2.05, 4.69) is 35.2 Å². The van der Waals surface area contributed by atoms with Crippen LogP contribution in [0.3, 0.4) is 0 Å². The summed E-state index contributed by atoms with van der Waals surface area (Å²) in [5.41, 5.74) is 6.47. The maximum Gasteiger partial charge on any atom is 0.261 e. The number of rotatable bonds is 7. The summed E-state index contributed by atoms with van der Waals surface area (Å²) in [6.45, 7) is 5.78. The lowest BCUT2D eigenvalue weighted by atomic mass is 9.88. The van der Waals surface area contributed by atoms with Gasteiger partial charge in [-0.05, 0) is 92.5 Å². The Morgan fingerprint density at radius 2 is 1.62 bits per heavy atom. The smallest absolute Gasteiger partial charge is 0.261 e. The quantitative estimate of drug-likeness (QED) is 0.448.